The van der Waals surface area contributed by atoms with Crippen LogP contribution in [0.4, 0.5) is 9.18 Å². The number of rotatable bonds is 3. The number of aromatic nitrogens is 2. The number of nitrogens with zero attached hydrogens (tertiary/aromatic N) is 3. The fourth-order valence-electron chi connectivity index (χ4n) is 4.05. The van der Waals surface area contributed by atoms with Crippen LogP contribution in [0.2, 0.25) is 5.02 Å². The van der Waals surface area contributed by atoms with E-state index >= 15 is 0 Å². The molecule has 142 valence electrons. The fourth-order valence-corrected chi connectivity index (χ4v) is 4.26. The SMILES string of the molecule is CC(=O)c1ccn(C(=O)N2C[C@H]3C[C@H](Oc4cc(F)cc(Cl)c4)C[C@H]3C2)n1. The predicted molar refractivity (Wildman–Crippen MR) is 96.6 cm³/mol. The van der Waals surface area contributed by atoms with Gasteiger partial charge in [-0.2, -0.15) is 9.78 Å². The maximum absolute atomic E-state index is 13.4. The van der Waals surface area contributed by atoms with Gasteiger partial charge in [0.25, 0.3) is 0 Å². The molecule has 0 radical (unpaired) electrons. The molecule has 0 bridgehead atoms. The quantitative estimate of drug-likeness (QED) is 0.749. The van der Waals surface area contributed by atoms with Crippen LogP contribution in [-0.4, -0.2) is 45.7 Å². The Morgan fingerprint density at radius 2 is 1.93 bits per heavy atom. The lowest BCUT2D eigenvalue weighted by Crippen LogP contribution is -2.34. The van der Waals surface area contributed by atoms with Gasteiger partial charge in [0.2, 0.25) is 0 Å². The fraction of sp³-hybridized carbons (Fsp3) is 0.421. The van der Waals surface area contributed by atoms with Crippen molar-refractivity contribution in [2.75, 3.05) is 13.1 Å². The molecule has 0 unspecified atom stereocenters. The summed E-state index contributed by atoms with van der Waals surface area (Å²) < 4.78 is 20.6. The molecule has 1 aromatic heterocycles. The van der Waals surface area contributed by atoms with Gasteiger partial charge in [-0.25, -0.2) is 9.18 Å². The molecule has 1 aliphatic heterocycles. The van der Waals surface area contributed by atoms with Crippen molar-refractivity contribution in [2.24, 2.45) is 11.8 Å². The minimum atomic E-state index is -0.420. The Kier molecular flexibility index (Phi) is 4.63. The third-order valence-electron chi connectivity index (χ3n) is 5.26. The number of halogens is 2. The van der Waals surface area contributed by atoms with E-state index in [0.29, 0.717) is 35.7 Å². The van der Waals surface area contributed by atoms with Crippen molar-refractivity contribution in [1.29, 1.82) is 0 Å². The van der Waals surface area contributed by atoms with Crippen LogP contribution in [0.3, 0.4) is 0 Å². The van der Waals surface area contributed by atoms with Crippen LogP contribution >= 0.6 is 11.6 Å². The maximum atomic E-state index is 13.4. The van der Waals surface area contributed by atoms with E-state index in [9.17, 15) is 14.0 Å². The molecule has 0 spiro atoms. The zero-order valence-corrected chi connectivity index (χ0v) is 15.5. The normalized spacial score (nSPS) is 24.1. The topological polar surface area (TPSA) is 64.4 Å². The summed E-state index contributed by atoms with van der Waals surface area (Å²) in [5.74, 6) is 0.525. The van der Waals surface area contributed by atoms with Crippen molar-refractivity contribution in [2.45, 2.75) is 25.9 Å². The molecule has 1 aromatic carbocycles. The first-order valence-electron chi connectivity index (χ1n) is 8.87. The van der Waals surface area contributed by atoms with Gasteiger partial charge in [-0.3, -0.25) is 4.79 Å². The average molecular weight is 392 g/mol. The monoisotopic (exact) mass is 391 g/mol. The molecule has 2 heterocycles. The summed E-state index contributed by atoms with van der Waals surface area (Å²) >= 11 is 5.87. The van der Waals surface area contributed by atoms with Crippen molar-refractivity contribution in [3.63, 3.8) is 0 Å². The van der Waals surface area contributed by atoms with Gasteiger partial charge in [-0.05, 0) is 42.9 Å². The number of ketones is 1. The van der Waals surface area contributed by atoms with Crippen molar-refractivity contribution >= 4 is 23.4 Å². The van der Waals surface area contributed by atoms with Crippen molar-refractivity contribution < 1.29 is 18.7 Å². The van der Waals surface area contributed by atoms with Gasteiger partial charge in [0.15, 0.2) is 5.78 Å². The van der Waals surface area contributed by atoms with Crippen LogP contribution < -0.4 is 4.74 Å². The second-order valence-electron chi connectivity index (χ2n) is 7.23. The minimum absolute atomic E-state index is 0.0101. The third kappa shape index (κ3) is 3.69. The van der Waals surface area contributed by atoms with Crippen LogP contribution in [-0.2, 0) is 0 Å². The molecule has 4 rings (SSSR count). The molecule has 0 N–H and O–H groups in total. The highest BCUT2D eigenvalue weighted by Crippen LogP contribution is 2.40. The van der Waals surface area contributed by atoms with Crippen molar-refractivity contribution in [3.8, 4) is 5.75 Å². The second-order valence-corrected chi connectivity index (χ2v) is 7.66. The van der Waals surface area contributed by atoms with Gasteiger partial charge in [-0.15, -0.1) is 0 Å². The summed E-state index contributed by atoms with van der Waals surface area (Å²) in [6, 6.07) is 5.52. The summed E-state index contributed by atoms with van der Waals surface area (Å²) in [7, 11) is 0. The molecular weight excluding hydrogens is 373 g/mol. The summed E-state index contributed by atoms with van der Waals surface area (Å²) in [6.07, 6.45) is 3.12. The lowest BCUT2D eigenvalue weighted by molar-refractivity contribution is 0.101. The molecule has 6 nitrogen and oxygen atoms in total. The Morgan fingerprint density at radius 3 is 2.52 bits per heavy atom. The Morgan fingerprint density at radius 1 is 1.22 bits per heavy atom. The van der Waals surface area contributed by atoms with Crippen molar-refractivity contribution in [3.05, 3.63) is 47.0 Å². The van der Waals surface area contributed by atoms with E-state index in [0.717, 1.165) is 12.8 Å². The molecule has 27 heavy (non-hydrogen) atoms. The largest absolute Gasteiger partial charge is 0.490 e. The van der Waals surface area contributed by atoms with E-state index in [4.69, 9.17) is 16.3 Å². The molecule has 2 fully saturated rings. The predicted octanol–water partition coefficient (Wildman–Crippen LogP) is 3.64. The number of amides is 1. The summed E-state index contributed by atoms with van der Waals surface area (Å²) in [6.45, 7) is 2.67. The summed E-state index contributed by atoms with van der Waals surface area (Å²) in [5.41, 5.74) is 0.282. The Hall–Kier alpha value is -2.41. The number of hydrogen-bond acceptors (Lipinski definition) is 4. The lowest BCUT2D eigenvalue weighted by atomic mass is 10.0. The summed E-state index contributed by atoms with van der Waals surface area (Å²) in [5, 5.41) is 4.35. The Labute approximate surface area is 160 Å². The third-order valence-corrected chi connectivity index (χ3v) is 5.48. The lowest BCUT2D eigenvalue weighted by Gasteiger charge is -2.20. The molecule has 3 atom stereocenters. The number of carbonyl (C=O) groups excluding carboxylic acids is 2. The number of hydrogen-bond donors (Lipinski definition) is 0. The minimum Gasteiger partial charge on any atom is -0.490 e. The van der Waals surface area contributed by atoms with E-state index in [1.165, 1.54) is 29.9 Å². The van der Waals surface area contributed by atoms with Crippen LogP contribution in [0.1, 0.15) is 30.3 Å². The van der Waals surface area contributed by atoms with Gasteiger partial charge in [0.05, 0.1) is 6.10 Å². The molecule has 8 heteroatoms. The molecule has 1 saturated heterocycles. The van der Waals surface area contributed by atoms with Gasteiger partial charge in [0, 0.05) is 37.3 Å². The first-order chi connectivity index (χ1) is 12.9. The van der Waals surface area contributed by atoms with Gasteiger partial charge >= 0.3 is 6.03 Å². The second kappa shape index (κ2) is 6.96. The molecule has 2 aliphatic rings. The number of benzene rings is 1. The number of likely N-dealkylation sites (tertiary alicyclic amines) is 1. The Bertz CT molecular complexity index is 866. The highest BCUT2D eigenvalue weighted by molar-refractivity contribution is 6.30. The van der Waals surface area contributed by atoms with Gasteiger partial charge in [0.1, 0.15) is 17.3 Å². The zero-order valence-electron chi connectivity index (χ0n) is 14.8. The molecule has 2 aromatic rings. The number of ether oxygens (including phenoxy) is 1. The van der Waals surface area contributed by atoms with E-state index in [1.807, 2.05) is 0 Å². The van der Waals surface area contributed by atoms with Crippen LogP contribution in [0.15, 0.2) is 30.5 Å². The molecule has 1 aliphatic carbocycles. The first-order valence-corrected chi connectivity index (χ1v) is 9.25. The molecule has 1 saturated carbocycles. The van der Waals surface area contributed by atoms with E-state index in [1.54, 1.807) is 17.0 Å². The Balaban J connectivity index is 1.36. The van der Waals surface area contributed by atoms with E-state index < -0.39 is 5.82 Å². The van der Waals surface area contributed by atoms with Crippen LogP contribution in [0.25, 0.3) is 0 Å². The smallest absolute Gasteiger partial charge is 0.344 e. The highest BCUT2D eigenvalue weighted by Gasteiger charge is 2.43. The van der Waals surface area contributed by atoms with Crippen LogP contribution in [0.5, 0.6) is 5.75 Å². The molecular formula is C19H19ClFN3O3. The standard InChI is InChI=1S/C19H19ClFN3O3/c1-11(25)18-2-3-24(22-18)19(26)23-9-12-4-16(5-13(12)10-23)27-17-7-14(20)6-15(21)8-17/h2-3,6-8,12-13,16H,4-5,9-10H2,1H3/t12-,13+,16+. The summed E-state index contributed by atoms with van der Waals surface area (Å²) in [4.78, 5) is 25.7. The van der Waals surface area contributed by atoms with Gasteiger partial charge < -0.3 is 9.64 Å². The highest BCUT2D eigenvalue weighted by atomic mass is 35.5. The number of Topliss-reactive ketones (excluding diaryl/α,β-unsaturated/α-hetero) is 1. The van der Waals surface area contributed by atoms with E-state index in [-0.39, 0.29) is 23.6 Å². The average Bonchev–Trinajstić information content (AvgIpc) is 3.27. The number of fused-ring (bicyclic) bond motifs is 1. The van der Waals surface area contributed by atoms with Gasteiger partial charge in [-0.1, -0.05) is 11.6 Å². The molecule has 1 amide bonds. The van der Waals surface area contributed by atoms with E-state index in [2.05, 4.69) is 5.10 Å². The van der Waals surface area contributed by atoms with Crippen LogP contribution in [0, 0.1) is 17.7 Å². The van der Waals surface area contributed by atoms with Crippen molar-refractivity contribution in [1.82, 2.24) is 14.7 Å². The first kappa shape index (κ1) is 18.0. The maximum Gasteiger partial charge on any atom is 0.344 e. The zero-order chi connectivity index (χ0) is 19.1. The number of carbonyl (C=O) groups is 2.